The molecule has 4 heteroatoms. The summed E-state index contributed by atoms with van der Waals surface area (Å²) in [7, 11) is 1.91. The molecule has 2 aromatic rings. The second kappa shape index (κ2) is 5.80. The number of rotatable bonds is 3. The Kier molecular flexibility index (Phi) is 3.86. The molecule has 1 saturated carbocycles. The molecule has 0 saturated heterocycles. The molecule has 3 N–H and O–H groups in total. The Morgan fingerprint density at radius 2 is 2.10 bits per heavy atom. The van der Waals surface area contributed by atoms with Crippen LogP contribution in [0.5, 0.6) is 0 Å². The van der Waals surface area contributed by atoms with E-state index in [9.17, 15) is 4.79 Å². The van der Waals surface area contributed by atoms with Crippen LogP contribution in [-0.2, 0) is 0 Å². The van der Waals surface area contributed by atoms with Gasteiger partial charge in [-0.25, -0.2) is 0 Å². The molecule has 0 radical (unpaired) electrons. The maximum atomic E-state index is 12.7. The molecule has 1 aliphatic carbocycles. The monoisotopic (exact) mass is 285 g/mol. The Balaban J connectivity index is 1.76. The molecule has 1 fully saturated rings. The van der Waals surface area contributed by atoms with E-state index in [1.165, 1.54) is 32.1 Å². The van der Waals surface area contributed by atoms with E-state index in [0.29, 0.717) is 11.6 Å². The van der Waals surface area contributed by atoms with E-state index in [1.807, 2.05) is 30.1 Å². The maximum Gasteiger partial charge on any atom is 0.255 e. The SMILES string of the molecule is CN(CC1CCCCC1)C(=O)c1c[nH]c2cc(N)ccc12. The van der Waals surface area contributed by atoms with Crippen molar-refractivity contribution < 1.29 is 4.79 Å². The van der Waals surface area contributed by atoms with Crippen molar-refractivity contribution in [2.24, 2.45) is 5.92 Å². The number of anilines is 1. The molecule has 0 aliphatic heterocycles. The van der Waals surface area contributed by atoms with Crippen molar-refractivity contribution in [2.45, 2.75) is 32.1 Å². The lowest BCUT2D eigenvalue weighted by atomic mass is 9.89. The number of nitrogens with one attached hydrogen (secondary N) is 1. The number of nitrogens with two attached hydrogens (primary N) is 1. The van der Waals surface area contributed by atoms with E-state index in [0.717, 1.165) is 23.0 Å². The molecule has 0 spiro atoms. The number of fused-ring (bicyclic) bond motifs is 1. The Labute approximate surface area is 125 Å². The van der Waals surface area contributed by atoms with Crippen LogP contribution in [0.1, 0.15) is 42.5 Å². The van der Waals surface area contributed by atoms with Crippen LogP contribution in [0.3, 0.4) is 0 Å². The van der Waals surface area contributed by atoms with Crippen LogP contribution in [0.15, 0.2) is 24.4 Å². The van der Waals surface area contributed by atoms with Gasteiger partial charge in [-0.3, -0.25) is 4.79 Å². The normalized spacial score (nSPS) is 16.2. The van der Waals surface area contributed by atoms with Gasteiger partial charge in [0, 0.05) is 36.4 Å². The van der Waals surface area contributed by atoms with Crippen LogP contribution >= 0.6 is 0 Å². The van der Waals surface area contributed by atoms with Gasteiger partial charge in [0.25, 0.3) is 5.91 Å². The fourth-order valence-corrected chi connectivity index (χ4v) is 3.37. The third-order valence-corrected chi connectivity index (χ3v) is 4.54. The minimum Gasteiger partial charge on any atom is -0.399 e. The summed E-state index contributed by atoms with van der Waals surface area (Å²) in [6, 6.07) is 5.63. The Morgan fingerprint density at radius 3 is 2.86 bits per heavy atom. The number of nitrogen functional groups attached to an aromatic ring is 1. The highest BCUT2D eigenvalue weighted by Gasteiger charge is 2.21. The lowest BCUT2D eigenvalue weighted by Gasteiger charge is -2.27. The molecule has 1 heterocycles. The highest BCUT2D eigenvalue weighted by atomic mass is 16.2. The molecule has 0 unspecified atom stereocenters. The zero-order valence-corrected chi connectivity index (χ0v) is 12.6. The van der Waals surface area contributed by atoms with Crippen LogP contribution < -0.4 is 5.73 Å². The lowest BCUT2D eigenvalue weighted by Crippen LogP contribution is -2.32. The quantitative estimate of drug-likeness (QED) is 0.849. The van der Waals surface area contributed by atoms with Gasteiger partial charge in [0.2, 0.25) is 0 Å². The molecule has 21 heavy (non-hydrogen) atoms. The van der Waals surface area contributed by atoms with E-state index < -0.39 is 0 Å². The number of benzene rings is 1. The first-order valence-electron chi connectivity index (χ1n) is 7.77. The van der Waals surface area contributed by atoms with E-state index in [1.54, 1.807) is 6.20 Å². The third kappa shape index (κ3) is 2.89. The first-order chi connectivity index (χ1) is 10.1. The summed E-state index contributed by atoms with van der Waals surface area (Å²) in [5.74, 6) is 0.755. The average molecular weight is 285 g/mol. The number of carbonyl (C=O) groups is 1. The topological polar surface area (TPSA) is 62.1 Å². The van der Waals surface area contributed by atoms with Crippen molar-refractivity contribution in [1.82, 2.24) is 9.88 Å². The fraction of sp³-hybridized carbons (Fsp3) is 0.471. The van der Waals surface area contributed by atoms with Gasteiger partial charge in [-0.2, -0.15) is 0 Å². The smallest absolute Gasteiger partial charge is 0.255 e. The summed E-state index contributed by atoms with van der Waals surface area (Å²) in [6.07, 6.45) is 8.25. The van der Waals surface area contributed by atoms with E-state index in [2.05, 4.69) is 4.98 Å². The molecular weight excluding hydrogens is 262 g/mol. The minimum atomic E-state index is 0.0941. The molecular formula is C17H23N3O. The van der Waals surface area contributed by atoms with Crippen LogP contribution in [0, 0.1) is 5.92 Å². The fourth-order valence-electron chi connectivity index (χ4n) is 3.37. The highest BCUT2D eigenvalue weighted by Crippen LogP contribution is 2.26. The largest absolute Gasteiger partial charge is 0.399 e. The van der Waals surface area contributed by atoms with Gasteiger partial charge in [0.05, 0.1) is 5.56 Å². The number of hydrogen-bond donors (Lipinski definition) is 2. The van der Waals surface area contributed by atoms with Crippen LogP contribution in [0.2, 0.25) is 0 Å². The molecule has 1 aromatic heterocycles. The van der Waals surface area contributed by atoms with E-state index in [4.69, 9.17) is 5.73 Å². The standard InChI is InChI=1S/C17H23N3O/c1-20(11-12-5-3-2-4-6-12)17(21)15-10-19-16-9-13(18)7-8-14(15)16/h7-10,12,19H,2-6,11,18H2,1H3. The molecule has 4 nitrogen and oxygen atoms in total. The zero-order valence-electron chi connectivity index (χ0n) is 12.6. The molecule has 1 aliphatic rings. The van der Waals surface area contributed by atoms with Crippen molar-refractivity contribution in [1.29, 1.82) is 0 Å². The summed E-state index contributed by atoms with van der Waals surface area (Å²) in [6.45, 7) is 0.862. The van der Waals surface area contributed by atoms with Gasteiger partial charge < -0.3 is 15.6 Å². The van der Waals surface area contributed by atoms with E-state index in [-0.39, 0.29) is 5.91 Å². The molecule has 3 rings (SSSR count). The first-order valence-corrected chi connectivity index (χ1v) is 7.77. The molecule has 1 aromatic carbocycles. The molecule has 1 amide bonds. The van der Waals surface area contributed by atoms with Crippen LogP contribution in [0.4, 0.5) is 5.69 Å². The van der Waals surface area contributed by atoms with Gasteiger partial charge in [0.15, 0.2) is 0 Å². The number of aromatic amines is 1. The Morgan fingerprint density at radius 1 is 1.33 bits per heavy atom. The van der Waals surface area contributed by atoms with Crippen molar-refractivity contribution in [3.63, 3.8) is 0 Å². The van der Waals surface area contributed by atoms with Gasteiger partial charge in [-0.15, -0.1) is 0 Å². The summed E-state index contributed by atoms with van der Waals surface area (Å²) in [4.78, 5) is 17.7. The summed E-state index contributed by atoms with van der Waals surface area (Å²) >= 11 is 0. The first kappa shape index (κ1) is 14.0. The second-order valence-electron chi connectivity index (χ2n) is 6.20. The highest BCUT2D eigenvalue weighted by molar-refractivity contribution is 6.07. The number of amides is 1. The molecule has 112 valence electrons. The van der Waals surface area contributed by atoms with Crippen molar-refractivity contribution in [2.75, 3.05) is 19.3 Å². The molecule has 0 atom stereocenters. The van der Waals surface area contributed by atoms with Crippen molar-refractivity contribution >= 4 is 22.5 Å². The minimum absolute atomic E-state index is 0.0941. The Bertz CT molecular complexity index is 641. The number of hydrogen-bond acceptors (Lipinski definition) is 2. The van der Waals surface area contributed by atoms with Crippen LogP contribution in [-0.4, -0.2) is 29.4 Å². The van der Waals surface area contributed by atoms with Gasteiger partial charge in [-0.1, -0.05) is 19.3 Å². The van der Waals surface area contributed by atoms with Crippen LogP contribution in [0.25, 0.3) is 10.9 Å². The second-order valence-corrected chi connectivity index (χ2v) is 6.20. The number of aromatic nitrogens is 1. The van der Waals surface area contributed by atoms with Crippen molar-refractivity contribution in [3.8, 4) is 0 Å². The predicted octanol–water partition coefficient (Wildman–Crippen LogP) is 3.40. The zero-order chi connectivity index (χ0) is 14.8. The Hall–Kier alpha value is -1.97. The number of nitrogens with zero attached hydrogens (tertiary/aromatic N) is 1. The molecule has 0 bridgehead atoms. The van der Waals surface area contributed by atoms with Gasteiger partial charge in [0.1, 0.15) is 0 Å². The predicted molar refractivity (Wildman–Crippen MR) is 86.2 cm³/mol. The number of carbonyl (C=O) groups excluding carboxylic acids is 1. The van der Waals surface area contributed by atoms with Gasteiger partial charge in [-0.05, 0) is 37.0 Å². The summed E-state index contributed by atoms with van der Waals surface area (Å²) in [5.41, 5.74) is 8.14. The van der Waals surface area contributed by atoms with E-state index >= 15 is 0 Å². The third-order valence-electron chi connectivity index (χ3n) is 4.54. The summed E-state index contributed by atoms with van der Waals surface area (Å²) in [5, 5.41) is 0.949. The number of H-pyrrole nitrogens is 1. The van der Waals surface area contributed by atoms with Crippen molar-refractivity contribution in [3.05, 3.63) is 30.0 Å². The maximum absolute atomic E-state index is 12.7. The van der Waals surface area contributed by atoms with Gasteiger partial charge >= 0.3 is 0 Å². The average Bonchev–Trinajstić information content (AvgIpc) is 2.90. The lowest BCUT2D eigenvalue weighted by molar-refractivity contribution is 0.0762. The summed E-state index contributed by atoms with van der Waals surface area (Å²) < 4.78 is 0.